The maximum absolute atomic E-state index is 0. The van der Waals surface area contributed by atoms with Gasteiger partial charge in [0.2, 0.25) is 0 Å². The molecule has 0 unspecified atom stereocenters. The predicted octanol–water partition coefficient (Wildman–Crippen LogP) is -15.3. The van der Waals surface area contributed by atoms with Crippen LogP contribution in [0.15, 0.2) is 0 Å². The Morgan fingerprint density at radius 3 is 0.500 bits per heavy atom. The van der Waals surface area contributed by atoms with E-state index in [0.29, 0.717) is 0 Å². The minimum absolute atomic E-state index is 0. The fourth-order valence-corrected chi connectivity index (χ4v) is 0. The zero-order chi connectivity index (χ0) is 0. The van der Waals surface area contributed by atoms with Gasteiger partial charge in [0.1, 0.15) is 0 Å². The van der Waals surface area contributed by atoms with Gasteiger partial charge in [-0.1, -0.05) is 0 Å². The van der Waals surface area contributed by atoms with E-state index < -0.39 is 0 Å². The molecule has 8 heteroatoms. The van der Waals surface area contributed by atoms with Crippen LogP contribution in [-0.2, 0) is 0 Å². The van der Waals surface area contributed by atoms with Gasteiger partial charge in [0.15, 0.2) is 0 Å². The summed E-state index contributed by atoms with van der Waals surface area (Å²) in [7, 11) is 0. The van der Waals surface area contributed by atoms with E-state index in [1.165, 1.54) is 0 Å². The first-order chi connectivity index (χ1) is 0. The third-order valence-electron chi connectivity index (χ3n) is 0. The van der Waals surface area contributed by atoms with Gasteiger partial charge in [-0.25, -0.2) is 0 Å². The van der Waals surface area contributed by atoms with Crippen LogP contribution in [0.1, 0.15) is 0 Å². The van der Waals surface area contributed by atoms with Gasteiger partial charge in [0, 0.05) is 0 Å². The second-order valence-electron chi connectivity index (χ2n) is 0. The number of hydrogen-bond acceptors (Lipinski definition) is 0. The van der Waals surface area contributed by atoms with E-state index in [2.05, 4.69) is 0 Å². The molecule has 0 heterocycles. The molecule has 0 aliphatic rings. The average Bonchev–Trinajstić information content (AvgIpc) is 0. The van der Waals surface area contributed by atoms with Crippen LogP contribution in [0.3, 0.4) is 0 Å². The van der Waals surface area contributed by atoms with Gasteiger partial charge in [-0.2, -0.15) is 0 Å². The molecule has 0 radical (unpaired) electrons. The summed E-state index contributed by atoms with van der Waals surface area (Å²) in [6.45, 7) is 0. The molecule has 8 heavy (non-hydrogen) atoms. The molecule has 0 aromatic rings. The molecule has 0 nitrogen and oxygen atoms in total. The molecule has 0 rings (SSSR count). The second kappa shape index (κ2) is 88.8. The van der Waals surface area contributed by atoms with Crippen molar-refractivity contribution in [1.82, 2.24) is 0 Å². The van der Waals surface area contributed by atoms with E-state index in [1.807, 2.05) is 0 Å². The molecule has 0 fully saturated rings. The molecule has 0 saturated carbocycles. The molecule has 0 aliphatic carbocycles. The summed E-state index contributed by atoms with van der Waals surface area (Å²) in [6, 6.07) is 0. The Morgan fingerprint density at radius 2 is 0.500 bits per heavy atom. The number of hydrogen-bond donors (Lipinski definition) is 0. The Labute approximate surface area is 113 Å². The summed E-state index contributed by atoms with van der Waals surface area (Å²) in [4.78, 5) is 0. The zero-order valence-corrected chi connectivity index (χ0v) is 10.7. The van der Waals surface area contributed by atoms with Crippen LogP contribution in [0.2, 0.25) is 0 Å². The first kappa shape index (κ1) is 120. The molecule has 0 N–H and O–H groups in total. The predicted molar refractivity (Wildman–Crippen MR) is 18.8 cm³/mol. The van der Waals surface area contributed by atoms with Crippen LogP contribution in [0, 0.1) is 0 Å². The molecule has 0 amide bonds. The molecule has 0 aromatic carbocycles. The van der Waals surface area contributed by atoms with Crippen LogP contribution in [0.25, 0.3) is 0 Å². The summed E-state index contributed by atoms with van der Waals surface area (Å²) >= 11 is 0. The van der Waals surface area contributed by atoms with Gasteiger partial charge in [0.25, 0.3) is 0 Å². The van der Waals surface area contributed by atoms with Crippen LogP contribution < -0.4 is 62.0 Å². The standard InChI is InChI=1S/Al.6ClH.Mg/h;6*1H;/q+3;;;;;;;+2/p-5. The summed E-state index contributed by atoms with van der Waals surface area (Å²) in [5, 5.41) is 0. The van der Waals surface area contributed by atoms with Gasteiger partial charge >= 0.3 is 40.4 Å². The normalized spacial score (nSPS) is 0. The SMILES string of the molecule is Cl.[Al+3].[Cl-].[Cl-].[Cl-].[Cl-].[Cl-].[Mg+2]. The van der Waals surface area contributed by atoms with E-state index in [1.54, 1.807) is 0 Å². The van der Waals surface area contributed by atoms with Crippen molar-refractivity contribution in [3.63, 3.8) is 0 Å². The van der Waals surface area contributed by atoms with Gasteiger partial charge < -0.3 is 62.0 Å². The van der Waals surface area contributed by atoms with Crippen LogP contribution in [0.4, 0.5) is 0 Å². The number of rotatable bonds is 0. The Hall–Kier alpha value is 3.04. The smallest absolute Gasteiger partial charge is 1.00 e. The van der Waals surface area contributed by atoms with Crippen molar-refractivity contribution < 1.29 is 62.0 Å². The maximum Gasteiger partial charge on any atom is 3.00 e. The van der Waals surface area contributed by atoms with Crippen molar-refractivity contribution in [2.45, 2.75) is 0 Å². The molecule has 0 bridgehead atoms. The van der Waals surface area contributed by atoms with Gasteiger partial charge in [-0.3, -0.25) is 0 Å². The van der Waals surface area contributed by atoms with E-state index in [0.717, 1.165) is 0 Å². The van der Waals surface area contributed by atoms with Gasteiger partial charge in [-0.05, 0) is 0 Å². The zero-order valence-electron chi connectivity index (χ0n) is 3.58. The Morgan fingerprint density at radius 1 is 0.500 bits per heavy atom. The van der Waals surface area contributed by atoms with Crippen LogP contribution in [-0.4, -0.2) is 40.4 Å². The van der Waals surface area contributed by atoms with Crippen molar-refractivity contribution in [2.75, 3.05) is 0 Å². The quantitative estimate of drug-likeness (QED) is 0.382. The summed E-state index contributed by atoms with van der Waals surface area (Å²) in [6.07, 6.45) is 0. The minimum Gasteiger partial charge on any atom is -1.00 e. The third kappa shape index (κ3) is 63.3. The first-order valence-corrected chi connectivity index (χ1v) is 0. The fraction of sp³-hybridized carbons (Fsp3) is 0. The van der Waals surface area contributed by atoms with E-state index in [9.17, 15) is 0 Å². The third-order valence-corrected chi connectivity index (χ3v) is 0. The van der Waals surface area contributed by atoms with Crippen LogP contribution in [0.5, 0.6) is 0 Å². The molecule has 0 aliphatic heterocycles. The molecule has 0 atom stereocenters. The minimum atomic E-state index is 0. The van der Waals surface area contributed by atoms with Crippen molar-refractivity contribution in [3.8, 4) is 0 Å². The Balaban J connectivity index is 0. The van der Waals surface area contributed by atoms with E-state index in [-0.39, 0.29) is 115 Å². The van der Waals surface area contributed by atoms with E-state index >= 15 is 0 Å². The van der Waals surface area contributed by atoms with E-state index in [4.69, 9.17) is 0 Å². The Bertz CT molecular complexity index is 8.49. The topological polar surface area (TPSA) is 0 Å². The molecule has 0 saturated heterocycles. The van der Waals surface area contributed by atoms with Crippen molar-refractivity contribution in [2.24, 2.45) is 0 Å². The first-order valence-electron chi connectivity index (χ1n) is 0. The Kier molecular flexibility index (Phi) is 1340. The summed E-state index contributed by atoms with van der Waals surface area (Å²) < 4.78 is 0. The van der Waals surface area contributed by atoms with Crippen molar-refractivity contribution >= 4 is 52.8 Å². The fourth-order valence-electron chi connectivity index (χ4n) is 0. The monoisotopic (exact) mass is 262 g/mol. The molecular formula is HAlCl6Mg. The van der Waals surface area contributed by atoms with Crippen molar-refractivity contribution in [1.29, 1.82) is 0 Å². The molecular weight excluding hydrogens is 264 g/mol. The maximum atomic E-state index is 0. The second-order valence-corrected chi connectivity index (χ2v) is 0. The largest absolute Gasteiger partial charge is 3.00 e. The van der Waals surface area contributed by atoms with Gasteiger partial charge in [0.05, 0.1) is 0 Å². The van der Waals surface area contributed by atoms with Crippen LogP contribution >= 0.6 is 12.4 Å². The van der Waals surface area contributed by atoms with Gasteiger partial charge in [-0.15, -0.1) is 12.4 Å². The summed E-state index contributed by atoms with van der Waals surface area (Å²) in [5.74, 6) is 0. The molecule has 0 spiro atoms. The summed E-state index contributed by atoms with van der Waals surface area (Å²) in [5.41, 5.74) is 0. The average molecular weight is 265 g/mol. The van der Waals surface area contributed by atoms with Crippen molar-refractivity contribution in [3.05, 3.63) is 0 Å². The number of halogens is 6. The molecule has 0 aromatic heterocycles. The molecule has 48 valence electrons.